The Labute approximate surface area is 162 Å². The van der Waals surface area contributed by atoms with Gasteiger partial charge in [0.15, 0.2) is 9.84 Å². The summed E-state index contributed by atoms with van der Waals surface area (Å²) in [5, 5.41) is 3.63. The molecule has 2 N–H and O–H groups in total. The summed E-state index contributed by atoms with van der Waals surface area (Å²) in [6.45, 7) is 0. The number of benzene rings is 2. The van der Waals surface area contributed by atoms with Gasteiger partial charge < -0.3 is 15.0 Å². The number of aromatic nitrogens is 1. The maximum Gasteiger partial charge on any atom is 0.328 e. The van der Waals surface area contributed by atoms with E-state index in [1.807, 2.05) is 24.3 Å². The summed E-state index contributed by atoms with van der Waals surface area (Å²) in [4.78, 5) is 28.0. The van der Waals surface area contributed by atoms with Crippen molar-refractivity contribution in [1.82, 2.24) is 10.3 Å². The molecule has 0 spiro atoms. The lowest BCUT2D eigenvalue weighted by Gasteiger charge is -2.16. The molecule has 0 aliphatic heterocycles. The van der Waals surface area contributed by atoms with Crippen molar-refractivity contribution in [2.45, 2.75) is 17.4 Å². The summed E-state index contributed by atoms with van der Waals surface area (Å²) in [5.74, 6) is -1.05. The monoisotopic (exact) mass is 400 g/mol. The van der Waals surface area contributed by atoms with Crippen LogP contribution in [0.5, 0.6) is 0 Å². The van der Waals surface area contributed by atoms with E-state index < -0.39 is 27.8 Å². The Morgan fingerprint density at radius 1 is 1.11 bits per heavy atom. The second kappa shape index (κ2) is 7.85. The highest BCUT2D eigenvalue weighted by molar-refractivity contribution is 7.90. The number of hydrogen-bond donors (Lipinski definition) is 2. The van der Waals surface area contributed by atoms with Gasteiger partial charge in [0.05, 0.1) is 12.0 Å². The zero-order valence-corrected chi connectivity index (χ0v) is 16.2. The highest BCUT2D eigenvalue weighted by atomic mass is 32.2. The lowest BCUT2D eigenvalue weighted by Crippen LogP contribution is -2.43. The van der Waals surface area contributed by atoms with E-state index in [9.17, 15) is 18.0 Å². The average Bonchev–Trinajstić information content (AvgIpc) is 3.09. The van der Waals surface area contributed by atoms with Crippen molar-refractivity contribution in [2.75, 3.05) is 13.4 Å². The molecule has 1 heterocycles. The van der Waals surface area contributed by atoms with Gasteiger partial charge in [-0.25, -0.2) is 13.2 Å². The predicted octanol–water partition coefficient (Wildman–Crippen LogP) is 2.09. The number of sulfone groups is 1. The molecule has 1 atom stereocenters. The van der Waals surface area contributed by atoms with Gasteiger partial charge >= 0.3 is 5.97 Å². The molecule has 0 bridgehead atoms. The van der Waals surface area contributed by atoms with E-state index in [0.717, 1.165) is 22.7 Å². The Morgan fingerprint density at radius 2 is 1.79 bits per heavy atom. The fraction of sp³-hybridized carbons (Fsp3) is 0.200. The molecule has 8 heteroatoms. The third kappa shape index (κ3) is 4.23. The van der Waals surface area contributed by atoms with Crippen LogP contribution in [0.2, 0.25) is 0 Å². The Kier molecular flexibility index (Phi) is 5.51. The number of hydrogen-bond acceptors (Lipinski definition) is 5. The first-order chi connectivity index (χ1) is 13.3. The van der Waals surface area contributed by atoms with Gasteiger partial charge in [-0.2, -0.15) is 0 Å². The third-order valence-corrected chi connectivity index (χ3v) is 5.56. The molecule has 0 fully saturated rings. The minimum absolute atomic E-state index is 0.118. The van der Waals surface area contributed by atoms with E-state index in [-0.39, 0.29) is 16.9 Å². The van der Waals surface area contributed by atoms with E-state index in [1.165, 1.54) is 31.4 Å². The Morgan fingerprint density at radius 3 is 2.43 bits per heavy atom. The van der Waals surface area contributed by atoms with Crippen molar-refractivity contribution in [3.05, 3.63) is 65.9 Å². The van der Waals surface area contributed by atoms with Gasteiger partial charge in [-0.15, -0.1) is 0 Å². The molecular formula is C20H20N2O5S. The van der Waals surface area contributed by atoms with Gasteiger partial charge in [0.25, 0.3) is 5.91 Å². The molecule has 1 aromatic heterocycles. The van der Waals surface area contributed by atoms with E-state index >= 15 is 0 Å². The van der Waals surface area contributed by atoms with Gasteiger partial charge in [-0.3, -0.25) is 4.79 Å². The van der Waals surface area contributed by atoms with Crippen molar-refractivity contribution < 1.29 is 22.7 Å². The molecule has 2 aromatic carbocycles. The van der Waals surface area contributed by atoms with Crippen LogP contribution in [0, 0.1) is 0 Å². The number of methoxy groups -OCH3 is 1. The molecular weight excluding hydrogens is 380 g/mol. The fourth-order valence-corrected chi connectivity index (χ4v) is 3.58. The van der Waals surface area contributed by atoms with E-state index in [4.69, 9.17) is 4.74 Å². The number of fused-ring (bicyclic) bond motifs is 1. The average molecular weight is 400 g/mol. The molecule has 0 radical (unpaired) electrons. The number of carbonyl (C=O) groups excluding carboxylic acids is 2. The van der Waals surface area contributed by atoms with Crippen LogP contribution < -0.4 is 5.32 Å². The quantitative estimate of drug-likeness (QED) is 0.617. The summed E-state index contributed by atoms with van der Waals surface area (Å²) in [7, 11) is -2.09. The number of ether oxygens (including phenoxy) is 1. The van der Waals surface area contributed by atoms with Gasteiger partial charge in [0.1, 0.15) is 6.04 Å². The number of amides is 1. The van der Waals surface area contributed by atoms with Crippen LogP contribution in [0.3, 0.4) is 0 Å². The molecule has 0 unspecified atom stereocenters. The SMILES string of the molecule is COC(=O)[C@H](Cc1c[nH]c2ccccc12)NC(=O)c1ccc(S(C)(=O)=O)cc1. The molecule has 3 rings (SSSR count). The van der Waals surface area contributed by atoms with Crippen LogP contribution in [-0.2, 0) is 25.8 Å². The number of H-pyrrole nitrogens is 1. The second-order valence-corrected chi connectivity index (χ2v) is 8.43. The number of carbonyl (C=O) groups is 2. The van der Waals surface area contributed by atoms with Crippen LogP contribution in [0.1, 0.15) is 15.9 Å². The Bertz CT molecular complexity index is 1120. The Balaban J connectivity index is 1.81. The molecule has 0 aliphatic carbocycles. The smallest absolute Gasteiger partial charge is 0.328 e. The van der Waals surface area contributed by atoms with Crippen LogP contribution in [-0.4, -0.2) is 44.7 Å². The van der Waals surface area contributed by atoms with Crippen molar-refractivity contribution in [3.8, 4) is 0 Å². The minimum atomic E-state index is -3.35. The van der Waals surface area contributed by atoms with Gasteiger partial charge in [-0.05, 0) is 35.9 Å². The number of aromatic amines is 1. The predicted molar refractivity (Wildman–Crippen MR) is 105 cm³/mol. The topological polar surface area (TPSA) is 105 Å². The summed E-state index contributed by atoms with van der Waals surface area (Å²) in [5.41, 5.74) is 2.06. The lowest BCUT2D eigenvalue weighted by atomic mass is 10.0. The summed E-state index contributed by atoms with van der Waals surface area (Å²) >= 11 is 0. The largest absolute Gasteiger partial charge is 0.467 e. The van der Waals surface area contributed by atoms with Crippen LogP contribution in [0.4, 0.5) is 0 Å². The molecule has 7 nitrogen and oxygen atoms in total. The number of para-hydroxylation sites is 1. The van der Waals surface area contributed by atoms with Crippen LogP contribution in [0.25, 0.3) is 10.9 Å². The maximum atomic E-state index is 12.6. The summed E-state index contributed by atoms with van der Waals surface area (Å²) in [6, 6.07) is 12.3. The zero-order valence-electron chi connectivity index (χ0n) is 15.4. The van der Waals surface area contributed by atoms with Crippen molar-refractivity contribution in [3.63, 3.8) is 0 Å². The van der Waals surface area contributed by atoms with E-state index in [2.05, 4.69) is 10.3 Å². The molecule has 0 saturated heterocycles. The van der Waals surface area contributed by atoms with Gasteiger partial charge in [0.2, 0.25) is 0 Å². The maximum absolute atomic E-state index is 12.6. The van der Waals surface area contributed by atoms with E-state index in [0.29, 0.717) is 0 Å². The number of nitrogens with one attached hydrogen (secondary N) is 2. The third-order valence-electron chi connectivity index (χ3n) is 4.43. The van der Waals surface area contributed by atoms with Crippen molar-refractivity contribution >= 4 is 32.6 Å². The highest BCUT2D eigenvalue weighted by Crippen LogP contribution is 2.19. The lowest BCUT2D eigenvalue weighted by molar-refractivity contribution is -0.142. The number of esters is 1. The summed E-state index contributed by atoms with van der Waals surface area (Å²) in [6.07, 6.45) is 3.15. The van der Waals surface area contributed by atoms with Gasteiger partial charge in [0, 0.05) is 35.3 Å². The summed E-state index contributed by atoms with van der Waals surface area (Å²) < 4.78 is 27.9. The standard InChI is InChI=1S/C20H20N2O5S/c1-27-20(24)18(11-14-12-21-17-6-4-3-5-16(14)17)22-19(23)13-7-9-15(10-8-13)28(2,25)26/h3-10,12,18,21H,11H2,1-2H3,(H,22,23)/t18-/m0/s1. The number of rotatable bonds is 6. The molecule has 1 amide bonds. The molecule has 0 saturated carbocycles. The first kappa shape index (κ1) is 19.6. The normalized spacial score (nSPS) is 12.5. The highest BCUT2D eigenvalue weighted by Gasteiger charge is 2.24. The molecule has 0 aliphatic rings. The Hall–Kier alpha value is -3.13. The minimum Gasteiger partial charge on any atom is -0.467 e. The first-order valence-electron chi connectivity index (χ1n) is 8.53. The molecule has 3 aromatic rings. The molecule has 146 valence electrons. The fourth-order valence-electron chi connectivity index (χ4n) is 2.95. The first-order valence-corrected chi connectivity index (χ1v) is 10.4. The van der Waals surface area contributed by atoms with Crippen LogP contribution >= 0.6 is 0 Å². The van der Waals surface area contributed by atoms with Gasteiger partial charge in [-0.1, -0.05) is 18.2 Å². The van der Waals surface area contributed by atoms with Crippen LogP contribution in [0.15, 0.2) is 59.6 Å². The molecule has 28 heavy (non-hydrogen) atoms. The van der Waals surface area contributed by atoms with Crippen molar-refractivity contribution in [2.24, 2.45) is 0 Å². The van der Waals surface area contributed by atoms with E-state index in [1.54, 1.807) is 6.20 Å². The second-order valence-electron chi connectivity index (χ2n) is 6.41. The van der Waals surface area contributed by atoms with Crippen molar-refractivity contribution in [1.29, 1.82) is 0 Å². The zero-order chi connectivity index (χ0) is 20.3.